The number of nitrogens with one attached hydrogen (secondary N) is 3. The average Bonchev–Trinajstić information content (AvgIpc) is 3.45. The summed E-state index contributed by atoms with van der Waals surface area (Å²) in [4.78, 5) is 8.25. The number of aryl methyl sites for hydroxylation is 3. The standard InChI is InChI=1S/C25H24FN7O2/c1-11-20(12(2)35-32-11)15-9-17-14(10-19(15)34-5)21-23(29-17)27-13(3)28-24(21)30-25-22-16(26)7-6-8-18(22)33(4)31-25/h6-10,13,27,29H,1-5H3,(H,28,30,31). The van der Waals surface area contributed by atoms with Gasteiger partial charge in [-0.2, -0.15) is 5.10 Å². The topological polar surface area (TPSA) is 105 Å². The van der Waals surface area contributed by atoms with E-state index in [1.807, 2.05) is 39.0 Å². The molecule has 35 heavy (non-hydrogen) atoms. The maximum atomic E-state index is 14.7. The van der Waals surface area contributed by atoms with Gasteiger partial charge in [-0.05, 0) is 45.0 Å². The molecule has 3 N–H and O–H groups in total. The number of H-pyrrole nitrogens is 1. The van der Waals surface area contributed by atoms with Gasteiger partial charge in [0.1, 0.15) is 35.1 Å². The second-order valence-corrected chi connectivity index (χ2v) is 8.70. The number of aromatic amines is 1. The maximum absolute atomic E-state index is 14.7. The molecule has 1 unspecified atom stereocenters. The van der Waals surface area contributed by atoms with E-state index in [1.165, 1.54) is 6.07 Å². The van der Waals surface area contributed by atoms with Crippen LogP contribution in [-0.2, 0) is 7.05 Å². The predicted octanol–water partition coefficient (Wildman–Crippen LogP) is 5.10. The molecule has 0 saturated heterocycles. The minimum Gasteiger partial charge on any atom is -0.496 e. The van der Waals surface area contributed by atoms with Crippen molar-refractivity contribution >= 4 is 39.3 Å². The third kappa shape index (κ3) is 3.17. The first-order valence-electron chi connectivity index (χ1n) is 11.3. The Morgan fingerprint density at radius 3 is 2.77 bits per heavy atom. The van der Waals surface area contributed by atoms with Crippen LogP contribution in [0.3, 0.4) is 0 Å². The Morgan fingerprint density at radius 2 is 2.03 bits per heavy atom. The zero-order chi connectivity index (χ0) is 24.4. The summed E-state index contributed by atoms with van der Waals surface area (Å²) in [7, 11) is 3.43. The van der Waals surface area contributed by atoms with Crippen molar-refractivity contribution < 1.29 is 13.7 Å². The number of aromatic nitrogens is 4. The molecule has 0 spiro atoms. The fourth-order valence-electron chi connectivity index (χ4n) is 4.87. The molecule has 2 aromatic carbocycles. The Kier molecular flexibility index (Phi) is 4.60. The summed E-state index contributed by atoms with van der Waals surface area (Å²) in [6.45, 7) is 5.74. The van der Waals surface area contributed by atoms with E-state index in [2.05, 4.69) is 25.9 Å². The van der Waals surface area contributed by atoms with Crippen molar-refractivity contribution in [3.63, 3.8) is 0 Å². The molecular formula is C25H24FN7O2. The van der Waals surface area contributed by atoms with Gasteiger partial charge < -0.3 is 24.9 Å². The Labute approximate surface area is 200 Å². The number of rotatable bonds is 3. The number of fused-ring (bicyclic) bond motifs is 4. The van der Waals surface area contributed by atoms with Gasteiger partial charge in [0.25, 0.3) is 0 Å². The van der Waals surface area contributed by atoms with Gasteiger partial charge in [-0.25, -0.2) is 9.38 Å². The van der Waals surface area contributed by atoms with Gasteiger partial charge in [0.05, 0.1) is 34.8 Å². The SMILES string of the molecule is COc1cc2c3c([nH]c2cc1-c1c(C)noc1C)NC(C)N=C3Nc1nn(C)c2cccc(F)c12. The molecule has 6 rings (SSSR count). The van der Waals surface area contributed by atoms with Crippen LogP contribution in [0.1, 0.15) is 23.9 Å². The van der Waals surface area contributed by atoms with Crippen LogP contribution >= 0.6 is 0 Å². The molecule has 0 saturated carbocycles. The first-order valence-corrected chi connectivity index (χ1v) is 11.3. The molecule has 0 aliphatic carbocycles. The van der Waals surface area contributed by atoms with Gasteiger partial charge in [0, 0.05) is 23.5 Å². The third-order valence-electron chi connectivity index (χ3n) is 6.40. The lowest BCUT2D eigenvalue weighted by atomic mass is 10.00. The maximum Gasteiger partial charge on any atom is 0.164 e. The molecule has 178 valence electrons. The molecule has 1 aliphatic heterocycles. The van der Waals surface area contributed by atoms with E-state index in [0.29, 0.717) is 28.3 Å². The molecule has 0 amide bonds. The molecule has 0 radical (unpaired) electrons. The van der Waals surface area contributed by atoms with E-state index < -0.39 is 0 Å². The van der Waals surface area contributed by atoms with Crippen LogP contribution in [0.5, 0.6) is 5.75 Å². The molecule has 5 aromatic rings. The van der Waals surface area contributed by atoms with Gasteiger partial charge in [0.2, 0.25) is 0 Å². The normalized spacial score (nSPS) is 15.3. The van der Waals surface area contributed by atoms with Crippen molar-refractivity contribution in [2.24, 2.45) is 12.0 Å². The minimum absolute atomic E-state index is 0.207. The first-order chi connectivity index (χ1) is 16.9. The van der Waals surface area contributed by atoms with Crippen molar-refractivity contribution in [2.75, 3.05) is 17.7 Å². The number of halogens is 1. The van der Waals surface area contributed by atoms with E-state index in [-0.39, 0.29) is 12.0 Å². The van der Waals surface area contributed by atoms with Crippen molar-refractivity contribution in [3.8, 4) is 16.9 Å². The van der Waals surface area contributed by atoms with Gasteiger partial charge in [-0.3, -0.25) is 4.68 Å². The van der Waals surface area contributed by atoms with Crippen LogP contribution in [0.25, 0.3) is 32.9 Å². The highest BCUT2D eigenvalue weighted by Gasteiger charge is 2.27. The summed E-state index contributed by atoms with van der Waals surface area (Å²) in [6, 6.07) is 8.94. The van der Waals surface area contributed by atoms with Crippen LogP contribution in [0.4, 0.5) is 16.0 Å². The van der Waals surface area contributed by atoms with Crippen molar-refractivity contribution in [3.05, 3.63) is 53.2 Å². The van der Waals surface area contributed by atoms with Crippen LogP contribution in [-0.4, -0.2) is 39.0 Å². The van der Waals surface area contributed by atoms with E-state index in [4.69, 9.17) is 14.3 Å². The van der Waals surface area contributed by atoms with Crippen LogP contribution in [0, 0.1) is 19.7 Å². The lowest BCUT2D eigenvalue weighted by molar-refractivity contribution is 0.393. The number of benzene rings is 2. The number of ether oxygens (including phenoxy) is 1. The highest BCUT2D eigenvalue weighted by atomic mass is 19.1. The second-order valence-electron chi connectivity index (χ2n) is 8.70. The molecule has 10 heteroatoms. The fraction of sp³-hybridized carbons (Fsp3) is 0.240. The van der Waals surface area contributed by atoms with Crippen LogP contribution in [0.2, 0.25) is 0 Å². The number of anilines is 2. The van der Waals surface area contributed by atoms with E-state index in [9.17, 15) is 4.39 Å². The first kappa shape index (κ1) is 21.2. The van der Waals surface area contributed by atoms with Gasteiger partial charge >= 0.3 is 0 Å². The molecule has 9 nitrogen and oxygen atoms in total. The Bertz CT molecular complexity index is 1640. The van der Waals surface area contributed by atoms with E-state index in [1.54, 1.807) is 24.9 Å². The summed E-state index contributed by atoms with van der Waals surface area (Å²) in [5, 5.41) is 16.6. The van der Waals surface area contributed by atoms with E-state index >= 15 is 0 Å². The smallest absolute Gasteiger partial charge is 0.164 e. The summed E-state index contributed by atoms with van der Waals surface area (Å²) < 4.78 is 27.6. The van der Waals surface area contributed by atoms with Crippen molar-refractivity contribution in [2.45, 2.75) is 26.9 Å². The molecule has 3 aromatic heterocycles. The number of aliphatic imine (C=N–C) groups is 1. The third-order valence-corrected chi connectivity index (χ3v) is 6.40. The zero-order valence-corrected chi connectivity index (χ0v) is 19.9. The monoisotopic (exact) mass is 473 g/mol. The molecule has 4 heterocycles. The van der Waals surface area contributed by atoms with Gasteiger partial charge in [-0.1, -0.05) is 11.2 Å². The summed E-state index contributed by atoms with van der Waals surface area (Å²) in [5.74, 6) is 2.87. The Hall–Kier alpha value is -4.34. The Balaban J connectivity index is 1.52. The summed E-state index contributed by atoms with van der Waals surface area (Å²) >= 11 is 0. The van der Waals surface area contributed by atoms with Crippen LogP contribution in [0.15, 0.2) is 39.8 Å². The number of hydrogen-bond donors (Lipinski definition) is 3. The lowest BCUT2D eigenvalue weighted by Crippen LogP contribution is -2.27. The lowest BCUT2D eigenvalue weighted by Gasteiger charge is -2.21. The largest absolute Gasteiger partial charge is 0.496 e. The number of nitrogens with zero attached hydrogens (tertiary/aromatic N) is 4. The number of methoxy groups -OCH3 is 1. The average molecular weight is 474 g/mol. The quantitative estimate of drug-likeness (QED) is 0.337. The number of hydrogen-bond acceptors (Lipinski definition) is 7. The highest BCUT2D eigenvalue weighted by Crippen LogP contribution is 2.41. The number of amidine groups is 1. The summed E-state index contributed by atoms with van der Waals surface area (Å²) in [6.07, 6.45) is -0.207. The second kappa shape index (κ2) is 7.59. The molecular weight excluding hydrogens is 449 g/mol. The van der Waals surface area contributed by atoms with E-state index in [0.717, 1.165) is 44.9 Å². The fourth-order valence-corrected chi connectivity index (χ4v) is 4.87. The van der Waals surface area contributed by atoms with Crippen LogP contribution < -0.4 is 15.4 Å². The van der Waals surface area contributed by atoms with Crippen molar-refractivity contribution in [1.29, 1.82) is 0 Å². The molecule has 1 atom stereocenters. The van der Waals surface area contributed by atoms with Gasteiger partial charge in [-0.15, -0.1) is 0 Å². The van der Waals surface area contributed by atoms with Gasteiger partial charge in [0.15, 0.2) is 5.82 Å². The predicted molar refractivity (Wildman–Crippen MR) is 134 cm³/mol. The highest BCUT2D eigenvalue weighted by molar-refractivity contribution is 6.22. The Morgan fingerprint density at radius 1 is 1.20 bits per heavy atom. The molecule has 0 fully saturated rings. The zero-order valence-electron chi connectivity index (χ0n) is 19.9. The molecule has 1 aliphatic rings. The summed E-state index contributed by atoms with van der Waals surface area (Å²) in [5.41, 5.74) is 4.99. The van der Waals surface area contributed by atoms with Crippen molar-refractivity contribution in [1.82, 2.24) is 19.9 Å². The minimum atomic E-state index is -0.342. The molecule has 0 bridgehead atoms.